The molecule has 1 aromatic carbocycles. The lowest BCUT2D eigenvalue weighted by atomic mass is 10.1. The molecule has 1 aliphatic heterocycles. The molecular weight excluding hydrogens is 301 g/mol. The number of rotatable bonds is 5. The van der Waals surface area contributed by atoms with Crippen LogP contribution in [0.2, 0.25) is 10.0 Å². The number of carbonyl (C=O) groups excluding carboxylic acids is 1. The Morgan fingerprint density at radius 2 is 2.25 bits per heavy atom. The molecule has 1 atom stereocenters. The van der Waals surface area contributed by atoms with Crippen molar-refractivity contribution in [2.24, 2.45) is 16.0 Å². The highest BCUT2D eigenvalue weighted by atomic mass is 35.5. The molecule has 7 heteroatoms. The van der Waals surface area contributed by atoms with Gasteiger partial charge in [0.05, 0.1) is 10.9 Å². The Labute approximate surface area is 126 Å². The van der Waals surface area contributed by atoms with Crippen molar-refractivity contribution in [2.75, 3.05) is 6.54 Å². The summed E-state index contributed by atoms with van der Waals surface area (Å²) in [5.74, 6) is -0.283. The van der Waals surface area contributed by atoms with Gasteiger partial charge in [0.25, 0.3) is 0 Å². The highest BCUT2D eigenvalue weighted by molar-refractivity contribution is 6.36. The average Bonchev–Trinajstić information content (AvgIpc) is 2.80. The zero-order valence-corrected chi connectivity index (χ0v) is 12.0. The Kier molecular flexibility index (Phi) is 4.98. The zero-order valence-electron chi connectivity index (χ0n) is 10.5. The predicted molar refractivity (Wildman–Crippen MR) is 79.9 cm³/mol. The molecule has 0 aliphatic carbocycles. The van der Waals surface area contributed by atoms with E-state index >= 15 is 0 Å². The van der Waals surface area contributed by atoms with Gasteiger partial charge >= 0.3 is 0 Å². The molecule has 20 heavy (non-hydrogen) atoms. The molecule has 0 unspecified atom stereocenters. The highest BCUT2D eigenvalue weighted by Crippen LogP contribution is 2.29. The van der Waals surface area contributed by atoms with Gasteiger partial charge in [-0.15, -0.1) is 0 Å². The van der Waals surface area contributed by atoms with E-state index in [1.54, 1.807) is 12.3 Å². The van der Waals surface area contributed by atoms with Gasteiger partial charge in [-0.25, -0.2) is 5.43 Å². The lowest BCUT2D eigenvalue weighted by molar-refractivity contribution is -0.122. The summed E-state index contributed by atoms with van der Waals surface area (Å²) in [6.45, 7) is 0.543. The Balaban J connectivity index is 1.85. The van der Waals surface area contributed by atoms with Crippen molar-refractivity contribution in [1.29, 1.82) is 0 Å². The normalized spacial score (nSPS) is 17.9. The Hall–Kier alpha value is -1.59. The maximum Gasteiger partial charge on any atom is 0.248 e. The zero-order chi connectivity index (χ0) is 14.5. The van der Waals surface area contributed by atoms with Crippen LogP contribution < -0.4 is 5.43 Å². The Bertz CT molecular complexity index is 573. The van der Waals surface area contributed by atoms with E-state index in [0.717, 1.165) is 6.42 Å². The number of hydrogen-bond acceptors (Lipinski definition) is 4. The molecule has 2 rings (SSSR count). The van der Waals surface area contributed by atoms with Crippen LogP contribution in [0.5, 0.6) is 5.75 Å². The van der Waals surface area contributed by atoms with Crippen LogP contribution in [0.15, 0.2) is 22.2 Å². The molecule has 0 radical (unpaired) electrons. The van der Waals surface area contributed by atoms with Gasteiger partial charge in [0.15, 0.2) is 0 Å². The number of amides is 1. The summed E-state index contributed by atoms with van der Waals surface area (Å²) in [6.07, 6.45) is 4.56. The number of nitrogens with one attached hydrogen (secondary N) is 1. The van der Waals surface area contributed by atoms with E-state index < -0.39 is 0 Å². The molecule has 2 N–H and O–H groups in total. The van der Waals surface area contributed by atoms with Crippen LogP contribution in [-0.2, 0) is 4.79 Å². The fraction of sp³-hybridized carbons (Fsp3) is 0.308. The molecule has 0 spiro atoms. The molecule has 0 fully saturated rings. The van der Waals surface area contributed by atoms with Crippen molar-refractivity contribution in [2.45, 2.75) is 12.8 Å². The number of halogens is 2. The number of carbonyl (C=O) groups is 1. The smallest absolute Gasteiger partial charge is 0.248 e. The van der Waals surface area contributed by atoms with E-state index in [-0.39, 0.29) is 22.6 Å². The second-order valence-corrected chi connectivity index (χ2v) is 5.21. The van der Waals surface area contributed by atoms with Gasteiger partial charge in [-0.05, 0) is 25.0 Å². The summed E-state index contributed by atoms with van der Waals surface area (Å²) in [7, 11) is 0. The summed E-state index contributed by atoms with van der Waals surface area (Å²) in [5.41, 5.74) is 2.86. The second kappa shape index (κ2) is 6.72. The van der Waals surface area contributed by atoms with Gasteiger partial charge in [0, 0.05) is 29.6 Å². The quantitative estimate of drug-likeness (QED) is 0.647. The fourth-order valence-corrected chi connectivity index (χ4v) is 2.31. The van der Waals surface area contributed by atoms with E-state index in [0.29, 0.717) is 23.6 Å². The number of benzene rings is 1. The molecule has 1 aromatic rings. The molecule has 1 amide bonds. The molecule has 0 saturated heterocycles. The van der Waals surface area contributed by atoms with Gasteiger partial charge in [-0.1, -0.05) is 23.2 Å². The van der Waals surface area contributed by atoms with Crippen molar-refractivity contribution in [3.63, 3.8) is 0 Å². The van der Waals surface area contributed by atoms with Gasteiger partial charge in [0.2, 0.25) is 5.91 Å². The highest BCUT2D eigenvalue weighted by Gasteiger charge is 2.19. The molecule has 0 saturated carbocycles. The van der Waals surface area contributed by atoms with Crippen LogP contribution in [-0.4, -0.2) is 30.0 Å². The Morgan fingerprint density at radius 1 is 1.45 bits per heavy atom. The number of phenols is 1. The maximum absolute atomic E-state index is 11.2. The second-order valence-electron chi connectivity index (χ2n) is 4.36. The summed E-state index contributed by atoms with van der Waals surface area (Å²) in [5, 5.41) is 14.1. The molecule has 1 aliphatic rings. The molecular formula is C13H13Cl2N3O2. The number of phenolic OH excluding ortho intramolecular Hbond substituents is 1. The third kappa shape index (κ3) is 3.71. The van der Waals surface area contributed by atoms with Crippen LogP contribution in [0.4, 0.5) is 0 Å². The first kappa shape index (κ1) is 14.8. The van der Waals surface area contributed by atoms with Crippen molar-refractivity contribution in [3.05, 3.63) is 27.7 Å². The molecule has 106 valence electrons. The van der Waals surface area contributed by atoms with E-state index in [2.05, 4.69) is 15.5 Å². The summed E-state index contributed by atoms with van der Waals surface area (Å²) in [4.78, 5) is 15.4. The third-order valence-electron chi connectivity index (χ3n) is 2.86. The molecule has 0 aromatic heterocycles. The fourth-order valence-electron chi connectivity index (χ4n) is 1.80. The minimum atomic E-state index is -0.167. The maximum atomic E-state index is 11.2. The first-order valence-corrected chi connectivity index (χ1v) is 6.84. The first-order valence-electron chi connectivity index (χ1n) is 6.09. The van der Waals surface area contributed by atoms with Crippen molar-refractivity contribution < 1.29 is 9.90 Å². The van der Waals surface area contributed by atoms with Gasteiger partial charge in [0.1, 0.15) is 5.75 Å². The average molecular weight is 314 g/mol. The number of aliphatic imine (C=N–C) groups is 1. The van der Waals surface area contributed by atoms with Crippen molar-refractivity contribution in [1.82, 2.24) is 5.43 Å². The SMILES string of the molecule is O=C1NN=C[C@H]1CCCN=Cc1cc(Cl)cc(Cl)c1O. The Morgan fingerprint density at radius 3 is 2.95 bits per heavy atom. The van der Waals surface area contributed by atoms with Crippen LogP contribution in [0.3, 0.4) is 0 Å². The van der Waals surface area contributed by atoms with E-state index in [4.69, 9.17) is 23.2 Å². The predicted octanol–water partition coefficient (Wildman–Crippen LogP) is 2.63. The summed E-state index contributed by atoms with van der Waals surface area (Å²) in [6, 6.07) is 3.05. The van der Waals surface area contributed by atoms with E-state index in [9.17, 15) is 9.90 Å². The minimum Gasteiger partial charge on any atom is -0.506 e. The van der Waals surface area contributed by atoms with Gasteiger partial charge in [-0.3, -0.25) is 9.79 Å². The van der Waals surface area contributed by atoms with Crippen LogP contribution in [0.1, 0.15) is 18.4 Å². The van der Waals surface area contributed by atoms with E-state index in [1.807, 2.05) is 0 Å². The van der Waals surface area contributed by atoms with Crippen LogP contribution in [0.25, 0.3) is 0 Å². The van der Waals surface area contributed by atoms with Gasteiger partial charge in [-0.2, -0.15) is 5.10 Å². The number of hydrazone groups is 1. The number of nitrogens with zero attached hydrogens (tertiary/aromatic N) is 2. The lowest BCUT2D eigenvalue weighted by Gasteiger charge is -2.03. The summed E-state index contributed by atoms with van der Waals surface area (Å²) < 4.78 is 0. The lowest BCUT2D eigenvalue weighted by Crippen LogP contribution is -2.19. The van der Waals surface area contributed by atoms with Crippen molar-refractivity contribution >= 4 is 41.5 Å². The number of hydrogen-bond donors (Lipinski definition) is 2. The third-order valence-corrected chi connectivity index (χ3v) is 3.36. The van der Waals surface area contributed by atoms with Crippen molar-refractivity contribution in [3.8, 4) is 5.75 Å². The van der Waals surface area contributed by atoms with E-state index in [1.165, 1.54) is 12.3 Å². The largest absolute Gasteiger partial charge is 0.506 e. The van der Waals surface area contributed by atoms with Crippen LogP contribution in [0, 0.1) is 5.92 Å². The van der Waals surface area contributed by atoms with Crippen LogP contribution >= 0.6 is 23.2 Å². The topological polar surface area (TPSA) is 74.0 Å². The molecule has 1 heterocycles. The summed E-state index contributed by atoms with van der Waals surface area (Å²) >= 11 is 11.7. The van der Waals surface area contributed by atoms with Gasteiger partial charge < -0.3 is 5.11 Å². The minimum absolute atomic E-state index is 0.0397. The number of aromatic hydroxyl groups is 1. The molecule has 5 nitrogen and oxygen atoms in total. The standard InChI is InChI=1S/C13H13Cl2N3O2/c14-10-4-9(12(19)11(15)5-10)6-16-3-1-2-8-7-17-18-13(8)20/h4-8,19H,1-3H2,(H,18,20)/t8-/m1/s1. The monoisotopic (exact) mass is 313 g/mol. The molecule has 0 bridgehead atoms. The first-order chi connectivity index (χ1) is 9.58.